The van der Waals surface area contributed by atoms with Crippen molar-refractivity contribution in [2.24, 2.45) is 5.92 Å². The minimum absolute atomic E-state index is 0.316. The molecule has 0 spiro atoms. The summed E-state index contributed by atoms with van der Waals surface area (Å²) in [5.41, 5.74) is 2.76. The highest BCUT2D eigenvalue weighted by Crippen LogP contribution is 2.16. The molecule has 0 N–H and O–H groups in total. The van der Waals surface area contributed by atoms with Gasteiger partial charge in [0.2, 0.25) is 5.91 Å². The largest absolute Gasteiger partial charge is 0.340 e. The molecule has 1 amide bonds. The van der Waals surface area contributed by atoms with Gasteiger partial charge in [0.25, 0.3) is 0 Å². The molecule has 22 heavy (non-hydrogen) atoms. The molecule has 122 valence electrons. The molecule has 3 nitrogen and oxygen atoms in total. The van der Waals surface area contributed by atoms with E-state index < -0.39 is 0 Å². The van der Waals surface area contributed by atoms with E-state index in [0.29, 0.717) is 24.2 Å². The fraction of sp³-hybridized carbons (Fsp3) is 0.632. The molecule has 1 heterocycles. The standard InChI is InChI=1S/C19H30N2O/c1-15(2)13-19(22)21-11-9-20(10-12-21)14-17-5-7-18(8-6-17)16(3)4/h5-8,15-16H,9-14H2,1-4H3. The summed E-state index contributed by atoms with van der Waals surface area (Å²) in [6.45, 7) is 13.4. The lowest BCUT2D eigenvalue weighted by molar-refractivity contribution is -0.133. The molecular weight excluding hydrogens is 272 g/mol. The highest BCUT2D eigenvalue weighted by Gasteiger charge is 2.21. The van der Waals surface area contributed by atoms with Gasteiger partial charge in [0.05, 0.1) is 0 Å². The molecule has 0 aliphatic carbocycles. The van der Waals surface area contributed by atoms with E-state index in [1.165, 1.54) is 11.1 Å². The Bertz CT molecular complexity index is 471. The first-order valence-corrected chi connectivity index (χ1v) is 8.54. The maximum absolute atomic E-state index is 12.1. The molecule has 1 fully saturated rings. The molecule has 3 heteroatoms. The van der Waals surface area contributed by atoms with Crippen molar-refractivity contribution >= 4 is 5.91 Å². The van der Waals surface area contributed by atoms with Gasteiger partial charge in [-0.25, -0.2) is 0 Å². The van der Waals surface area contributed by atoms with Gasteiger partial charge in [-0.15, -0.1) is 0 Å². The second-order valence-corrected chi connectivity index (χ2v) is 7.15. The maximum Gasteiger partial charge on any atom is 0.222 e. The predicted octanol–water partition coefficient (Wildman–Crippen LogP) is 3.50. The van der Waals surface area contributed by atoms with Crippen molar-refractivity contribution in [1.29, 1.82) is 0 Å². The third-order valence-corrected chi connectivity index (χ3v) is 4.36. The zero-order chi connectivity index (χ0) is 16.1. The van der Waals surface area contributed by atoms with Gasteiger partial charge < -0.3 is 4.90 Å². The number of carbonyl (C=O) groups is 1. The first-order chi connectivity index (χ1) is 10.5. The molecule has 1 aromatic rings. The molecule has 1 saturated heterocycles. The third kappa shape index (κ3) is 4.84. The molecule has 2 rings (SSSR count). The van der Waals surface area contributed by atoms with Crippen molar-refractivity contribution in [3.8, 4) is 0 Å². The van der Waals surface area contributed by atoms with Crippen molar-refractivity contribution in [3.63, 3.8) is 0 Å². The van der Waals surface area contributed by atoms with Crippen molar-refractivity contribution in [1.82, 2.24) is 9.80 Å². The second kappa shape index (κ2) is 7.77. The zero-order valence-electron chi connectivity index (χ0n) is 14.5. The highest BCUT2D eigenvalue weighted by atomic mass is 16.2. The lowest BCUT2D eigenvalue weighted by Gasteiger charge is -2.35. The van der Waals surface area contributed by atoms with Gasteiger partial charge in [-0.2, -0.15) is 0 Å². The monoisotopic (exact) mass is 302 g/mol. The molecule has 0 aromatic heterocycles. The van der Waals surface area contributed by atoms with Gasteiger partial charge in [0.1, 0.15) is 0 Å². The minimum Gasteiger partial charge on any atom is -0.340 e. The average Bonchev–Trinajstić information content (AvgIpc) is 2.48. The van der Waals surface area contributed by atoms with Crippen molar-refractivity contribution in [2.75, 3.05) is 26.2 Å². The maximum atomic E-state index is 12.1. The molecule has 1 aliphatic heterocycles. The van der Waals surface area contributed by atoms with Crippen LogP contribution in [-0.4, -0.2) is 41.9 Å². The third-order valence-electron chi connectivity index (χ3n) is 4.36. The van der Waals surface area contributed by atoms with Crippen LogP contribution in [0.5, 0.6) is 0 Å². The number of hydrogen-bond acceptors (Lipinski definition) is 2. The second-order valence-electron chi connectivity index (χ2n) is 7.15. The van der Waals surface area contributed by atoms with E-state index in [0.717, 1.165) is 32.7 Å². The highest BCUT2D eigenvalue weighted by molar-refractivity contribution is 5.76. The number of nitrogens with zero attached hydrogens (tertiary/aromatic N) is 2. The van der Waals surface area contributed by atoms with Crippen LogP contribution in [0, 0.1) is 5.92 Å². The van der Waals surface area contributed by atoms with E-state index in [4.69, 9.17) is 0 Å². The molecule has 0 bridgehead atoms. The fourth-order valence-electron chi connectivity index (χ4n) is 2.90. The molecular formula is C19H30N2O. The molecule has 0 unspecified atom stereocenters. The van der Waals surface area contributed by atoms with Gasteiger partial charge in [0.15, 0.2) is 0 Å². The summed E-state index contributed by atoms with van der Waals surface area (Å²) < 4.78 is 0. The summed E-state index contributed by atoms with van der Waals surface area (Å²) in [5, 5.41) is 0. The van der Waals surface area contributed by atoms with Gasteiger partial charge in [-0.1, -0.05) is 52.0 Å². The number of piperazine rings is 1. The van der Waals surface area contributed by atoms with E-state index in [1.807, 2.05) is 4.90 Å². The van der Waals surface area contributed by atoms with Crippen molar-refractivity contribution in [3.05, 3.63) is 35.4 Å². The number of rotatable bonds is 5. The zero-order valence-corrected chi connectivity index (χ0v) is 14.5. The van der Waals surface area contributed by atoms with Gasteiger partial charge in [-0.05, 0) is 23.0 Å². The lowest BCUT2D eigenvalue weighted by Crippen LogP contribution is -2.48. The Balaban J connectivity index is 1.81. The topological polar surface area (TPSA) is 23.6 Å². The number of carbonyl (C=O) groups excluding carboxylic acids is 1. The predicted molar refractivity (Wildman–Crippen MR) is 91.8 cm³/mol. The van der Waals surface area contributed by atoms with Crippen LogP contribution in [0.2, 0.25) is 0 Å². The first-order valence-electron chi connectivity index (χ1n) is 8.54. The van der Waals surface area contributed by atoms with Crippen LogP contribution >= 0.6 is 0 Å². The quantitative estimate of drug-likeness (QED) is 0.831. The Morgan fingerprint density at radius 3 is 2.09 bits per heavy atom. The SMILES string of the molecule is CC(C)CC(=O)N1CCN(Cc2ccc(C(C)C)cc2)CC1. The lowest BCUT2D eigenvalue weighted by atomic mass is 10.0. The Labute approximate surface area is 135 Å². The Morgan fingerprint density at radius 1 is 1.00 bits per heavy atom. The van der Waals surface area contributed by atoms with Gasteiger partial charge >= 0.3 is 0 Å². The summed E-state index contributed by atoms with van der Waals surface area (Å²) in [5.74, 6) is 1.35. The number of benzene rings is 1. The van der Waals surface area contributed by atoms with Crippen LogP contribution in [-0.2, 0) is 11.3 Å². The summed E-state index contributed by atoms with van der Waals surface area (Å²) in [6.07, 6.45) is 0.677. The van der Waals surface area contributed by atoms with Crippen LogP contribution in [0.25, 0.3) is 0 Å². The summed E-state index contributed by atoms with van der Waals surface area (Å²) >= 11 is 0. The number of amides is 1. The number of hydrogen-bond donors (Lipinski definition) is 0. The smallest absolute Gasteiger partial charge is 0.222 e. The first kappa shape index (κ1) is 17.0. The Kier molecular flexibility index (Phi) is 6.01. The molecule has 0 atom stereocenters. The van der Waals surface area contributed by atoms with Crippen LogP contribution in [0.4, 0.5) is 0 Å². The fourth-order valence-corrected chi connectivity index (χ4v) is 2.90. The van der Waals surface area contributed by atoms with E-state index in [-0.39, 0.29) is 0 Å². The van der Waals surface area contributed by atoms with Crippen molar-refractivity contribution in [2.45, 2.75) is 46.6 Å². The van der Waals surface area contributed by atoms with E-state index in [2.05, 4.69) is 56.9 Å². The summed E-state index contributed by atoms with van der Waals surface area (Å²) in [4.78, 5) is 16.6. The molecule has 1 aliphatic rings. The van der Waals surface area contributed by atoms with E-state index in [9.17, 15) is 4.79 Å². The summed E-state index contributed by atoms with van der Waals surface area (Å²) in [6, 6.07) is 8.96. The minimum atomic E-state index is 0.316. The van der Waals surface area contributed by atoms with Crippen LogP contribution in [0.15, 0.2) is 24.3 Å². The van der Waals surface area contributed by atoms with Crippen LogP contribution in [0.3, 0.4) is 0 Å². The molecule has 0 saturated carbocycles. The van der Waals surface area contributed by atoms with E-state index >= 15 is 0 Å². The van der Waals surface area contributed by atoms with Gasteiger partial charge in [0, 0.05) is 39.1 Å². The Morgan fingerprint density at radius 2 is 1.59 bits per heavy atom. The van der Waals surface area contributed by atoms with Crippen molar-refractivity contribution < 1.29 is 4.79 Å². The summed E-state index contributed by atoms with van der Waals surface area (Å²) in [7, 11) is 0. The molecule has 0 radical (unpaired) electrons. The van der Waals surface area contributed by atoms with E-state index in [1.54, 1.807) is 0 Å². The van der Waals surface area contributed by atoms with Gasteiger partial charge in [-0.3, -0.25) is 9.69 Å². The average molecular weight is 302 g/mol. The normalized spacial score (nSPS) is 16.5. The van der Waals surface area contributed by atoms with Crippen LogP contribution < -0.4 is 0 Å². The van der Waals surface area contributed by atoms with Crippen LogP contribution in [0.1, 0.15) is 51.2 Å². The molecule has 1 aromatic carbocycles. The Hall–Kier alpha value is -1.35.